The normalized spacial score (nSPS) is 14.4. The number of rotatable bonds is 5. The van der Waals surface area contributed by atoms with Crippen LogP contribution in [0.4, 0.5) is 10.5 Å². The van der Waals surface area contributed by atoms with Crippen LogP contribution in [0.25, 0.3) is 0 Å². The molecule has 1 saturated carbocycles. The number of hydrogen-bond acceptors (Lipinski definition) is 4. The van der Waals surface area contributed by atoms with E-state index in [1.54, 1.807) is 25.4 Å². The van der Waals surface area contributed by atoms with Crippen LogP contribution in [0.15, 0.2) is 24.7 Å². The van der Waals surface area contributed by atoms with E-state index in [-0.39, 0.29) is 6.03 Å². The van der Waals surface area contributed by atoms with Gasteiger partial charge >= 0.3 is 6.03 Å². The molecular formula is C15H20N6O. The largest absolute Gasteiger partial charge is 0.334 e. The lowest BCUT2D eigenvalue weighted by molar-refractivity contribution is 0.251. The van der Waals surface area contributed by atoms with E-state index in [4.69, 9.17) is 0 Å². The Bertz CT molecular complexity index is 649. The number of amides is 2. The number of urea groups is 1. The summed E-state index contributed by atoms with van der Waals surface area (Å²) in [6.45, 7) is 3.23. The van der Waals surface area contributed by atoms with Gasteiger partial charge in [0, 0.05) is 24.8 Å². The summed E-state index contributed by atoms with van der Waals surface area (Å²) in [4.78, 5) is 11.9. The Morgan fingerprint density at radius 3 is 3.05 bits per heavy atom. The number of carbonyl (C=O) groups excluding carboxylic acids is 1. The predicted molar refractivity (Wildman–Crippen MR) is 82.2 cm³/mol. The van der Waals surface area contributed by atoms with Crippen molar-refractivity contribution in [2.75, 3.05) is 5.32 Å². The summed E-state index contributed by atoms with van der Waals surface area (Å²) in [7, 11) is 0. The minimum atomic E-state index is -0.261. The van der Waals surface area contributed by atoms with Gasteiger partial charge in [0.25, 0.3) is 0 Å². The number of carbonyl (C=O) groups is 1. The van der Waals surface area contributed by atoms with Crippen LogP contribution in [0.5, 0.6) is 0 Å². The highest BCUT2D eigenvalue weighted by atomic mass is 16.2. The summed E-state index contributed by atoms with van der Waals surface area (Å²) in [5.41, 5.74) is 2.35. The van der Waals surface area contributed by atoms with Crippen LogP contribution in [-0.4, -0.2) is 26.0 Å². The lowest BCUT2D eigenvalue weighted by Gasteiger charge is -2.24. The van der Waals surface area contributed by atoms with Crippen LogP contribution in [-0.2, 0) is 13.1 Å². The zero-order valence-electron chi connectivity index (χ0n) is 12.6. The fourth-order valence-electron chi connectivity index (χ4n) is 2.42. The minimum Gasteiger partial charge on any atom is -0.334 e. The molecule has 1 fully saturated rings. The molecule has 0 radical (unpaired) electrons. The van der Waals surface area contributed by atoms with E-state index in [0.717, 1.165) is 18.0 Å². The van der Waals surface area contributed by atoms with Crippen molar-refractivity contribution in [1.82, 2.24) is 25.3 Å². The first-order valence-corrected chi connectivity index (χ1v) is 7.55. The molecule has 1 aliphatic rings. The summed E-state index contributed by atoms with van der Waals surface area (Å²) in [6.07, 6.45) is 9.29. The van der Waals surface area contributed by atoms with Crippen LogP contribution < -0.4 is 10.6 Å². The molecule has 3 rings (SSSR count). The summed E-state index contributed by atoms with van der Waals surface area (Å²) >= 11 is 0. The van der Waals surface area contributed by atoms with Crippen molar-refractivity contribution in [3.63, 3.8) is 0 Å². The fourth-order valence-corrected chi connectivity index (χ4v) is 2.42. The van der Waals surface area contributed by atoms with Crippen molar-refractivity contribution >= 4 is 11.7 Å². The van der Waals surface area contributed by atoms with Crippen LogP contribution in [0.3, 0.4) is 0 Å². The summed E-state index contributed by atoms with van der Waals surface area (Å²) in [6, 6.07) is 1.46. The molecule has 0 atom stereocenters. The molecule has 0 bridgehead atoms. The van der Waals surface area contributed by atoms with Gasteiger partial charge in [-0.05, 0) is 31.7 Å². The zero-order valence-corrected chi connectivity index (χ0v) is 12.6. The van der Waals surface area contributed by atoms with E-state index < -0.39 is 0 Å². The first kappa shape index (κ1) is 14.5. The van der Waals surface area contributed by atoms with Gasteiger partial charge in [0.2, 0.25) is 0 Å². The van der Waals surface area contributed by atoms with Gasteiger partial charge in [0.1, 0.15) is 0 Å². The van der Waals surface area contributed by atoms with Crippen LogP contribution in [0.1, 0.15) is 30.5 Å². The van der Waals surface area contributed by atoms with Crippen molar-refractivity contribution in [3.05, 3.63) is 35.9 Å². The minimum absolute atomic E-state index is 0.261. The monoisotopic (exact) mass is 300 g/mol. The number of nitrogens with zero attached hydrogens (tertiary/aromatic N) is 4. The van der Waals surface area contributed by atoms with E-state index in [1.165, 1.54) is 19.3 Å². The highest BCUT2D eigenvalue weighted by Crippen LogP contribution is 2.27. The molecule has 1 aliphatic carbocycles. The molecule has 2 aromatic rings. The fraction of sp³-hybridized carbons (Fsp3) is 0.467. The lowest BCUT2D eigenvalue weighted by Crippen LogP contribution is -2.28. The highest BCUT2D eigenvalue weighted by Gasteiger charge is 2.18. The number of hydrogen-bond donors (Lipinski definition) is 2. The van der Waals surface area contributed by atoms with E-state index in [0.29, 0.717) is 17.9 Å². The van der Waals surface area contributed by atoms with Gasteiger partial charge < -0.3 is 10.6 Å². The van der Waals surface area contributed by atoms with E-state index in [2.05, 4.69) is 25.9 Å². The Morgan fingerprint density at radius 2 is 2.32 bits per heavy atom. The molecule has 2 N–H and O–H groups in total. The Kier molecular flexibility index (Phi) is 4.32. The molecule has 0 unspecified atom stereocenters. The maximum atomic E-state index is 11.9. The van der Waals surface area contributed by atoms with Crippen molar-refractivity contribution in [1.29, 1.82) is 0 Å². The van der Waals surface area contributed by atoms with Gasteiger partial charge in [-0.1, -0.05) is 6.42 Å². The Balaban J connectivity index is 1.47. The Morgan fingerprint density at radius 1 is 1.45 bits per heavy atom. The quantitative estimate of drug-likeness (QED) is 0.885. The molecule has 22 heavy (non-hydrogen) atoms. The zero-order chi connectivity index (χ0) is 15.4. The molecular weight excluding hydrogens is 280 g/mol. The number of aromatic nitrogens is 4. The van der Waals surface area contributed by atoms with Crippen molar-refractivity contribution in [2.45, 2.75) is 39.3 Å². The topological polar surface area (TPSA) is 84.7 Å². The average molecular weight is 300 g/mol. The summed E-state index contributed by atoms with van der Waals surface area (Å²) in [5, 5.41) is 17.6. The van der Waals surface area contributed by atoms with E-state index >= 15 is 0 Å². The number of aryl methyl sites for hydroxylation is 1. The molecule has 0 aliphatic heterocycles. The SMILES string of the molecule is Cc1nnccc1NC(=O)NCc1cnn(CC2CCC2)c1. The molecule has 2 heterocycles. The first-order chi connectivity index (χ1) is 10.7. The Labute approximate surface area is 129 Å². The maximum absolute atomic E-state index is 11.9. The van der Waals surface area contributed by atoms with Gasteiger partial charge in [-0.2, -0.15) is 15.3 Å². The van der Waals surface area contributed by atoms with Crippen molar-refractivity contribution in [2.24, 2.45) is 5.92 Å². The second kappa shape index (κ2) is 6.55. The molecule has 7 nitrogen and oxygen atoms in total. The molecule has 2 aromatic heterocycles. The predicted octanol–water partition coefficient (Wildman–Crippen LogP) is 2.10. The van der Waals surface area contributed by atoms with Crippen LogP contribution in [0.2, 0.25) is 0 Å². The van der Waals surface area contributed by atoms with E-state index in [9.17, 15) is 4.79 Å². The third-order valence-electron chi connectivity index (χ3n) is 3.96. The van der Waals surface area contributed by atoms with Crippen LogP contribution >= 0.6 is 0 Å². The second-order valence-corrected chi connectivity index (χ2v) is 5.71. The third-order valence-corrected chi connectivity index (χ3v) is 3.96. The molecule has 2 amide bonds. The van der Waals surface area contributed by atoms with Crippen molar-refractivity contribution < 1.29 is 4.79 Å². The summed E-state index contributed by atoms with van der Waals surface area (Å²) in [5.74, 6) is 0.770. The first-order valence-electron chi connectivity index (χ1n) is 7.55. The smallest absolute Gasteiger partial charge is 0.319 e. The molecule has 116 valence electrons. The number of anilines is 1. The van der Waals surface area contributed by atoms with Gasteiger partial charge in [-0.3, -0.25) is 4.68 Å². The molecule has 7 heteroatoms. The molecule has 0 saturated heterocycles. The second-order valence-electron chi connectivity index (χ2n) is 5.71. The summed E-state index contributed by atoms with van der Waals surface area (Å²) < 4.78 is 1.97. The van der Waals surface area contributed by atoms with Gasteiger partial charge in [0.15, 0.2) is 0 Å². The van der Waals surface area contributed by atoms with Crippen LogP contribution in [0, 0.1) is 12.8 Å². The lowest BCUT2D eigenvalue weighted by atomic mass is 9.85. The van der Waals surface area contributed by atoms with Gasteiger partial charge in [-0.15, -0.1) is 0 Å². The standard InChI is InChI=1S/C15H20N6O/c1-11-14(5-6-17-20-11)19-15(22)16-7-13-8-18-21(10-13)9-12-3-2-4-12/h5-6,8,10,12H,2-4,7,9H2,1H3,(H2,16,17,19,22). The number of nitrogens with one attached hydrogen (secondary N) is 2. The molecule has 0 spiro atoms. The maximum Gasteiger partial charge on any atom is 0.319 e. The van der Waals surface area contributed by atoms with Gasteiger partial charge in [0.05, 0.1) is 23.8 Å². The van der Waals surface area contributed by atoms with Crippen molar-refractivity contribution in [3.8, 4) is 0 Å². The Hall–Kier alpha value is -2.44. The third kappa shape index (κ3) is 3.60. The average Bonchev–Trinajstić information content (AvgIpc) is 2.91. The van der Waals surface area contributed by atoms with E-state index in [1.807, 2.05) is 10.9 Å². The molecule has 0 aromatic carbocycles. The highest BCUT2D eigenvalue weighted by molar-refractivity contribution is 5.89. The van der Waals surface area contributed by atoms with Gasteiger partial charge in [-0.25, -0.2) is 4.79 Å².